The van der Waals surface area contributed by atoms with Gasteiger partial charge in [0.15, 0.2) is 5.82 Å². The smallest absolute Gasteiger partial charge is 0.161 e. The Balaban J connectivity index is 1.27. The molecule has 8 heteroatoms. The Morgan fingerprint density at radius 2 is 1.75 bits per heavy atom. The quantitative estimate of drug-likeness (QED) is 0.561. The first-order valence-electron chi connectivity index (χ1n) is 13.7. The molecule has 5 rings (SSSR count). The zero-order chi connectivity index (χ0) is 24.9. The van der Waals surface area contributed by atoms with Gasteiger partial charge in [0, 0.05) is 75.1 Å². The van der Waals surface area contributed by atoms with Crippen LogP contribution in [-0.2, 0) is 22.5 Å². The van der Waals surface area contributed by atoms with E-state index in [-0.39, 0.29) is 6.10 Å². The van der Waals surface area contributed by atoms with Crippen molar-refractivity contribution >= 4 is 11.5 Å². The second-order valence-electron chi connectivity index (χ2n) is 10.5. The van der Waals surface area contributed by atoms with Gasteiger partial charge in [-0.05, 0) is 58.0 Å². The molecule has 3 aliphatic heterocycles. The van der Waals surface area contributed by atoms with Gasteiger partial charge in [-0.3, -0.25) is 9.80 Å². The van der Waals surface area contributed by atoms with E-state index < -0.39 is 0 Å². The molecular weight excluding hydrogens is 452 g/mol. The molecular formula is C28H42N6O2. The number of hydrogen-bond donors (Lipinski definition) is 1. The van der Waals surface area contributed by atoms with Crippen LogP contribution in [-0.4, -0.2) is 97.5 Å². The van der Waals surface area contributed by atoms with Crippen LogP contribution in [0, 0.1) is 0 Å². The van der Waals surface area contributed by atoms with Gasteiger partial charge in [0.1, 0.15) is 5.82 Å². The van der Waals surface area contributed by atoms with Crippen LogP contribution in [0.25, 0.3) is 11.4 Å². The molecule has 0 aliphatic carbocycles. The Kier molecular flexibility index (Phi) is 8.36. The highest BCUT2D eigenvalue weighted by Gasteiger charge is 2.23. The summed E-state index contributed by atoms with van der Waals surface area (Å²) in [5.41, 5.74) is 4.58. The lowest BCUT2D eigenvalue weighted by Crippen LogP contribution is -2.48. The minimum absolute atomic E-state index is 0.182. The Hall–Kier alpha value is -2.26. The maximum atomic E-state index is 5.95. The molecule has 1 atom stereocenters. The van der Waals surface area contributed by atoms with Gasteiger partial charge in [-0.2, -0.15) is 0 Å². The number of fused-ring (bicyclic) bond motifs is 1. The molecule has 3 aliphatic rings. The van der Waals surface area contributed by atoms with E-state index in [1.165, 1.54) is 5.69 Å². The van der Waals surface area contributed by atoms with Crippen LogP contribution in [0.15, 0.2) is 24.3 Å². The van der Waals surface area contributed by atoms with Crippen molar-refractivity contribution in [1.29, 1.82) is 0 Å². The van der Waals surface area contributed by atoms with Gasteiger partial charge in [0.05, 0.1) is 31.6 Å². The van der Waals surface area contributed by atoms with Crippen molar-refractivity contribution in [2.45, 2.75) is 52.4 Å². The van der Waals surface area contributed by atoms with E-state index in [4.69, 9.17) is 19.4 Å². The first-order valence-corrected chi connectivity index (χ1v) is 13.7. The van der Waals surface area contributed by atoms with Crippen LogP contribution in [0.1, 0.15) is 38.4 Å². The van der Waals surface area contributed by atoms with E-state index >= 15 is 0 Å². The second-order valence-corrected chi connectivity index (χ2v) is 10.5. The number of anilines is 2. The Labute approximate surface area is 216 Å². The van der Waals surface area contributed by atoms with Gasteiger partial charge in [0.2, 0.25) is 0 Å². The number of nitrogens with one attached hydrogen (secondary N) is 1. The number of benzene rings is 1. The van der Waals surface area contributed by atoms with Gasteiger partial charge in [-0.15, -0.1) is 0 Å². The van der Waals surface area contributed by atoms with E-state index in [0.29, 0.717) is 12.6 Å². The van der Waals surface area contributed by atoms with E-state index in [9.17, 15) is 0 Å². The number of nitrogens with zero attached hydrogens (tertiary/aromatic N) is 5. The number of rotatable bonds is 8. The van der Waals surface area contributed by atoms with Crippen molar-refractivity contribution in [3.63, 3.8) is 0 Å². The van der Waals surface area contributed by atoms with E-state index in [2.05, 4.69) is 65.1 Å². The molecule has 1 aromatic heterocycles. The van der Waals surface area contributed by atoms with Crippen LogP contribution in [0.3, 0.4) is 0 Å². The van der Waals surface area contributed by atoms with Gasteiger partial charge in [-0.1, -0.05) is 0 Å². The van der Waals surface area contributed by atoms with Gasteiger partial charge >= 0.3 is 0 Å². The second kappa shape index (κ2) is 11.9. The van der Waals surface area contributed by atoms with Crippen LogP contribution < -0.4 is 10.2 Å². The standard InChI is InChI=1S/C28H42N6O2/c1-21(2)33-11-13-34(14-12-33)24-7-5-23(6-8-24)27-30-26-19-22(3)36-20-25(26)28(31-27)29-9-4-10-32-15-17-35-18-16-32/h5-8,21-22H,4,9-20H2,1-3H3,(H,29,30,31). The minimum atomic E-state index is 0.182. The van der Waals surface area contributed by atoms with E-state index in [1.54, 1.807) is 0 Å². The summed E-state index contributed by atoms with van der Waals surface area (Å²) in [6, 6.07) is 9.42. The number of piperazine rings is 1. The summed E-state index contributed by atoms with van der Waals surface area (Å²) >= 11 is 0. The molecule has 4 heterocycles. The van der Waals surface area contributed by atoms with E-state index in [1.807, 2.05) is 0 Å². The highest BCUT2D eigenvalue weighted by atomic mass is 16.5. The summed E-state index contributed by atoms with van der Waals surface area (Å²) < 4.78 is 11.4. The molecule has 2 saturated heterocycles. The SMILES string of the molecule is CC1Cc2nc(-c3ccc(N4CCN(C(C)C)CC4)cc3)nc(NCCCN3CCOCC3)c2CO1. The van der Waals surface area contributed by atoms with Crippen molar-refractivity contribution in [2.75, 3.05) is 75.8 Å². The molecule has 1 aromatic carbocycles. The van der Waals surface area contributed by atoms with Crippen LogP contribution in [0.2, 0.25) is 0 Å². The highest BCUT2D eigenvalue weighted by Crippen LogP contribution is 2.29. The number of morpholine rings is 1. The molecule has 0 spiro atoms. The van der Waals surface area contributed by atoms with Crippen molar-refractivity contribution in [1.82, 2.24) is 19.8 Å². The molecule has 0 bridgehead atoms. The Morgan fingerprint density at radius 3 is 2.47 bits per heavy atom. The summed E-state index contributed by atoms with van der Waals surface area (Å²) in [7, 11) is 0. The first kappa shape index (κ1) is 25.4. The fraction of sp³-hybridized carbons (Fsp3) is 0.643. The van der Waals surface area contributed by atoms with Crippen LogP contribution >= 0.6 is 0 Å². The molecule has 196 valence electrons. The first-order chi connectivity index (χ1) is 17.6. The lowest BCUT2D eigenvalue weighted by atomic mass is 10.1. The van der Waals surface area contributed by atoms with Crippen molar-refractivity contribution < 1.29 is 9.47 Å². The molecule has 36 heavy (non-hydrogen) atoms. The zero-order valence-corrected chi connectivity index (χ0v) is 22.2. The van der Waals surface area contributed by atoms with Crippen LogP contribution in [0.5, 0.6) is 0 Å². The van der Waals surface area contributed by atoms with Gasteiger partial charge in [-0.25, -0.2) is 9.97 Å². The maximum absolute atomic E-state index is 5.95. The topological polar surface area (TPSA) is 66.0 Å². The molecule has 1 N–H and O–H groups in total. The average Bonchev–Trinajstić information content (AvgIpc) is 2.91. The normalized spacial score (nSPS) is 21.6. The number of aromatic nitrogens is 2. The molecule has 2 aromatic rings. The third-order valence-corrected chi connectivity index (χ3v) is 7.67. The van der Waals surface area contributed by atoms with E-state index in [0.717, 1.165) is 107 Å². The fourth-order valence-electron chi connectivity index (χ4n) is 5.34. The Morgan fingerprint density at radius 1 is 1.00 bits per heavy atom. The van der Waals surface area contributed by atoms with Crippen molar-refractivity contribution in [2.24, 2.45) is 0 Å². The lowest BCUT2D eigenvalue weighted by Gasteiger charge is -2.38. The van der Waals surface area contributed by atoms with Gasteiger partial charge in [0.25, 0.3) is 0 Å². The molecule has 0 amide bonds. The minimum Gasteiger partial charge on any atom is -0.379 e. The summed E-state index contributed by atoms with van der Waals surface area (Å²) in [4.78, 5) is 17.5. The average molecular weight is 495 g/mol. The third kappa shape index (κ3) is 6.17. The highest BCUT2D eigenvalue weighted by molar-refractivity contribution is 5.63. The van der Waals surface area contributed by atoms with Gasteiger partial charge < -0.3 is 19.7 Å². The summed E-state index contributed by atoms with van der Waals surface area (Å²) in [5.74, 6) is 1.73. The molecule has 2 fully saturated rings. The monoisotopic (exact) mass is 494 g/mol. The zero-order valence-electron chi connectivity index (χ0n) is 22.2. The maximum Gasteiger partial charge on any atom is 0.161 e. The summed E-state index contributed by atoms with van der Waals surface area (Å²) in [6.07, 6.45) is 2.08. The third-order valence-electron chi connectivity index (χ3n) is 7.67. The summed E-state index contributed by atoms with van der Waals surface area (Å²) in [5, 5.41) is 3.61. The predicted molar refractivity (Wildman–Crippen MR) is 145 cm³/mol. The van der Waals surface area contributed by atoms with Crippen molar-refractivity contribution in [3.05, 3.63) is 35.5 Å². The molecule has 8 nitrogen and oxygen atoms in total. The molecule has 0 radical (unpaired) electrons. The largest absolute Gasteiger partial charge is 0.379 e. The molecule has 0 saturated carbocycles. The number of hydrogen-bond acceptors (Lipinski definition) is 8. The Bertz CT molecular complexity index is 984. The van der Waals surface area contributed by atoms with Crippen molar-refractivity contribution in [3.8, 4) is 11.4 Å². The summed E-state index contributed by atoms with van der Waals surface area (Å²) in [6.45, 7) is 17.4. The molecule has 1 unspecified atom stereocenters. The number of ether oxygens (including phenoxy) is 2. The fourth-order valence-corrected chi connectivity index (χ4v) is 5.34. The predicted octanol–water partition coefficient (Wildman–Crippen LogP) is 3.27. The van der Waals surface area contributed by atoms with Crippen LogP contribution in [0.4, 0.5) is 11.5 Å². The lowest BCUT2D eigenvalue weighted by molar-refractivity contribution is 0.0377.